The fraction of sp³-hybridized carbons (Fsp3) is 0.316. The molecule has 0 atom stereocenters. The Kier molecular flexibility index (Phi) is 6.95. The lowest BCUT2D eigenvalue weighted by atomic mass is 10.2. The summed E-state index contributed by atoms with van der Waals surface area (Å²) in [6.45, 7) is 3.61. The molecule has 0 aliphatic carbocycles. The zero-order valence-electron chi connectivity index (χ0n) is 14.9. The molecule has 6 heteroatoms. The fourth-order valence-electron chi connectivity index (χ4n) is 2.20. The van der Waals surface area contributed by atoms with Crippen LogP contribution in [0.5, 0.6) is 17.2 Å². The van der Waals surface area contributed by atoms with Gasteiger partial charge >= 0.3 is 0 Å². The molecule has 0 spiro atoms. The van der Waals surface area contributed by atoms with Crippen molar-refractivity contribution in [2.75, 3.05) is 27.3 Å². The number of benzene rings is 2. The Labute approximate surface area is 148 Å². The fourth-order valence-corrected chi connectivity index (χ4v) is 2.20. The summed E-state index contributed by atoms with van der Waals surface area (Å²) in [7, 11) is 3.29. The number of phenolic OH excluding ortho intramolecular Hbond substituents is 1. The lowest BCUT2D eigenvalue weighted by molar-refractivity contribution is 0.322. The molecule has 2 aromatic carbocycles. The van der Waals surface area contributed by atoms with Crippen LogP contribution in [0.3, 0.4) is 0 Å². The number of rotatable bonds is 7. The number of aromatic hydroxyl groups is 1. The highest BCUT2D eigenvalue weighted by Gasteiger charge is 2.05. The zero-order valence-corrected chi connectivity index (χ0v) is 14.9. The van der Waals surface area contributed by atoms with Gasteiger partial charge in [0.25, 0.3) is 0 Å². The average Bonchev–Trinajstić information content (AvgIpc) is 2.64. The molecular formula is C19H25N3O3. The summed E-state index contributed by atoms with van der Waals surface area (Å²) in [4.78, 5) is 4.16. The summed E-state index contributed by atoms with van der Waals surface area (Å²) >= 11 is 0. The van der Waals surface area contributed by atoms with Crippen molar-refractivity contribution in [2.24, 2.45) is 4.99 Å². The molecule has 0 amide bonds. The Balaban J connectivity index is 1.76. The minimum absolute atomic E-state index is 0.214. The standard InChI is InChI=1S/C19H25N3O3/c1-14-4-6-16(7-5-14)25-11-10-21-19(20-2)22-13-15-12-17(24-3)8-9-18(15)23/h4-9,12,23H,10-11,13H2,1-3H3,(H2,20,21,22). The van der Waals surface area contributed by atoms with Gasteiger partial charge in [-0.05, 0) is 37.3 Å². The first-order valence-corrected chi connectivity index (χ1v) is 8.12. The number of hydrogen-bond acceptors (Lipinski definition) is 4. The van der Waals surface area contributed by atoms with Crippen molar-refractivity contribution in [1.29, 1.82) is 0 Å². The first-order chi connectivity index (χ1) is 12.1. The SMILES string of the molecule is CN=C(NCCOc1ccc(C)cc1)NCc1cc(OC)ccc1O. The van der Waals surface area contributed by atoms with E-state index in [-0.39, 0.29) is 5.75 Å². The molecule has 0 saturated carbocycles. The molecule has 6 nitrogen and oxygen atoms in total. The molecule has 0 aliphatic rings. The molecule has 0 heterocycles. The average molecular weight is 343 g/mol. The van der Waals surface area contributed by atoms with E-state index in [1.807, 2.05) is 31.2 Å². The van der Waals surface area contributed by atoms with Crippen LogP contribution in [0.2, 0.25) is 0 Å². The third kappa shape index (κ3) is 5.91. The smallest absolute Gasteiger partial charge is 0.191 e. The van der Waals surface area contributed by atoms with Crippen LogP contribution < -0.4 is 20.1 Å². The van der Waals surface area contributed by atoms with E-state index in [1.54, 1.807) is 32.4 Å². The number of ether oxygens (including phenoxy) is 2. The van der Waals surface area contributed by atoms with Crippen LogP contribution in [0.1, 0.15) is 11.1 Å². The molecular weight excluding hydrogens is 318 g/mol. The van der Waals surface area contributed by atoms with Gasteiger partial charge in [-0.15, -0.1) is 0 Å². The number of aryl methyl sites for hydroxylation is 1. The van der Waals surface area contributed by atoms with Crippen molar-refractivity contribution in [3.8, 4) is 17.2 Å². The number of aliphatic imine (C=N–C) groups is 1. The largest absolute Gasteiger partial charge is 0.508 e. The van der Waals surface area contributed by atoms with E-state index in [9.17, 15) is 5.11 Å². The van der Waals surface area contributed by atoms with Crippen LogP contribution in [0.15, 0.2) is 47.5 Å². The van der Waals surface area contributed by atoms with E-state index in [0.717, 1.165) is 11.3 Å². The summed E-state index contributed by atoms with van der Waals surface area (Å²) in [5.41, 5.74) is 1.94. The predicted molar refractivity (Wildman–Crippen MR) is 99.5 cm³/mol. The van der Waals surface area contributed by atoms with Gasteiger partial charge in [0.1, 0.15) is 23.9 Å². The number of nitrogens with one attached hydrogen (secondary N) is 2. The number of hydrogen-bond donors (Lipinski definition) is 3. The predicted octanol–water partition coefficient (Wildman–Crippen LogP) is 2.45. The Hall–Kier alpha value is -2.89. The van der Waals surface area contributed by atoms with Crippen LogP contribution >= 0.6 is 0 Å². The Morgan fingerprint density at radius 3 is 2.48 bits per heavy atom. The van der Waals surface area contributed by atoms with E-state index < -0.39 is 0 Å². The maximum absolute atomic E-state index is 9.90. The van der Waals surface area contributed by atoms with Gasteiger partial charge in [0.2, 0.25) is 0 Å². The summed E-state index contributed by atoms with van der Waals surface area (Å²) in [6.07, 6.45) is 0. The molecule has 0 unspecified atom stereocenters. The number of guanidine groups is 1. The van der Waals surface area contributed by atoms with E-state index in [4.69, 9.17) is 9.47 Å². The molecule has 0 saturated heterocycles. The van der Waals surface area contributed by atoms with Crippen LogP contribution in [0, 0.1) is 6.92 Å². The van der Waals surface area contributed by atoms with Gasteiger partial charge in [-0.3, -0.25) is 4.99 Å². The third-order valence-corrected chi connectivity index (χ3v) is 3.64. The summed E-state index contributed by atoms with van der Waals surface area (Å²) in [5, 5.41) is 16.2. The second-order valence-corrected chi connectivity index (χ2v) is 5.51. The topological polar surface area (TPSA) is 75.1 Å². The van der Waals surface area contributed by atoms with Crippen molar-refractivity contribution in [3.05, 3.63) is 53.6 Å². The molecule has 0 fully saturated rings. The lowest BCUT2D eigenvalue weighted by Gasteiger charge is -2.14. The van der Waals surface area contributed by atoms with Gasteiger partial charge in [-0.1, -0.05) is 17.7 Å². The second-order valence-electron chi connectivity index (χ2n) is 5.51. The molecule has 25 heavy (non-hydrogen) atoms. The highest BCUT2D eigenvalue weighted by atomic mass is 16.5. The van der Waals surface area contributed by atoms with Crippen LogP contribution in [-0.2, 0) is 6.54 Å². The molecule has 0 radical (unpaired) electrons. The van der Waals surface area contributed by atoms with Gasteiger partial charge in [0.15, 0.2) is 5.96 Å². The molecule has 3 N–H and O–H groups in total. The molecule has 0 aromatic heterocycles. The zero-order chi connectivity index (χ0) is 18.1. The normalized spacial score (nSPS) is 11.1. The molecule has 0 bridgehead atoms. The van der Waals surface area contributed by atoms with Crippen molar-refractivity contribution in [3.63, 3.8) is 0 Å². The van der Waals surface area contributed by atoms with Crippen molar-refractivity contribution in [1.82, 2.24) is 10.6 Å². The third-order valence-electron chi connectivity index (χ3n) is 3.64. The van der Waals surface area contributed by atoms with Crippen molar-refractivity contribution >= 4 is 5.96 Å². The first kappa shape index (κ1) is 18.4. The summed E-state index contributed by atoms with van der Waals surface area (Å²) in [5.74, 6) is 2.39. The number of phenols is 1. The second kappa shape index (κ2) is 9.42. The monoisotopic (exact) mass is 343 g/mol. The van der Waals surface area contributed by atoms with E-state index in [2.05, 4.69) is 15.6 Å². The van der Waals surface area contributed by atoms with E-state index in [1.165, 1.54) is 5.56 Å². The summed E-state index contributed by atoms with van der Waals surface area (Å²) < 4.78 is 10.8. The van der Waals surface area contributed by atoms with Crippen LogP contribution in [0.25, 0.3) is 0 Å². The molecule has 2 rings (SSSR count). The van der Waals surface area contributed by atoms with Gasteiger partial charge in [0.05, 0.1) is 13.7 Å². The van der Waals surface area contributed by atoms with Gasteiger partial charge < -0.3 is 25.2 Å². The molecule has 2 aromatic rings. The van der Waals surface area contributed by atoms with Gasteiger partial charge in [-0.2, -0.15) is 0 Å². The van der Waals surface area contributed by atoms with Crippen molar-refractivity contribution in [2.45, 2.75) is 13.5 Å². The maximum Gasteiger partial charge on any atom is 0.191 e. The lowest BCUT2D eigenvalue weighted by Crippen LogP contribution is -2.38. The highest BCUT2D eigenvalue weighted by molar-refractivity contribution is 5.79. The number of nitrogens with zero attached hydrogens (tertiary/aromatic N) is 1. The molecule has 134 valence electrons. The number of methoxy groups -OCH3 is 1. The minimum atomic E-state index is 0.214. The minimum Gasteiger partial charge on any atom is -0.508 e. The van der Waals surface area contributed by atoms with E-state index in [0.29, 0.717) is 31.4 Å². The first-order valence-electron chi connectivity index (χ1n) is 8.12. The quantitative estimate of drug-likeness (QED) is 0.409. The Morgan fingerprint density at radius 2 is 1.80 bits per heavy atom. The Bertz CT molecular complexity index is 700. The molecule has 0 aliphatic heterocycles. The highest BCUT2D eigenvalue weighted by Crippen LogP contribution is 2.22. The summed E-state index contributed by atoms with van der Waals surface area (Å²) in [6, 6.07) is 13.1. The van der Waals surface area contributed by atoms with Crippen molar-refractivity contribution < 1.29 is 14.6 Å². The van der Waals surface area contributed by atoms with Gasteiger partial charge in [0, 0.05) is 19.2 Å². The van der Waals surface area contributed by atoms with E-state index >= 15 is 0 Å². The maximum atomic E-state index is 9.90. The Morgan fingerprint density at radius 1 is 1.08 bits per heavy atom. The van der Waals surface area contributed by atoms with Gasteiger partial charge in [-0.25, -0.2) is 0 Å². The van der Waals surface area contributed by atoms with Crippen LogP contribution in [0.4, 0.5) is 0 Å². The van der Waals surface area contributed by atoms with Crippen LogP contribution in [-0.4, -0.2) is 38.4 Å².